The predicted octanol–water partition coefficient (Wildman–Crippen LogP) is 3.13. The molecule has 14 heavy (non-hydrogen) atoms. The normalized spacial score (nSPS) is 10.6. The second-order valence-electron chi connectivity index (χ2n) is 3.04. The Morgan fingerprint density at radius 1 is 1.29 bits per heavy atom. The molecule has 0 unspecified atom stereocenters. The lowest BCUT2D eigenvalue weighted by Crippen LogP contribution is -1.93. The Hall–Kier alpha value is -1.44. The van der Waals surface area contributed by atoms with Gasteiger partial charge < -0.3 is 9.84 Å². The monoisotopic (exact) mass is 192 g/mol. The van der Waals surface area contributed by atoms with Crippen LogP contribution in [-0.2, 0) is 0 Å². The summed E-state index contributed by atoms with van der Waals surface area (Å²) in [5.74, 6) is 0.727. The smallest absolute Gasteiger partial charge is 0.161 e. The quantitative estimate of drug-likeness (QED) is 0.726. The van der Waals surface area contributed by atoms with Crippen molar-refractivity contribution in [3.63, 3.8) is 0 Å². The molecule has 0 amide bonds. The second-order valence-corrected chi connectivity index (χ2v) is 3.04. The number of aromatic hydroxyl groups is 1. The van der Waals surface area contributed by atoms with Crippen LogP contribution in [0.15, 0.2) is 36.4 Å². The van der Waals surface area contributed by atoms with E-state index < -0.39 is 0 Å². The van der Waals surface area contributed by atoms with Gasteiger partial charge in [0, 0.05) is 0 Å². The zero-order valence-corrected chi connectivity index (χ0v) is 8.44. The number of unbranched alkanes of at least 4 members (excludes halogenated alkanes) is 1. The number of hydrogen-bond acceptors (Lipinski definition) is 2. The van der Waals surface area contributed by atoms with Crippen molar-refractivity contribution in [1.82, 2.24) is 0 Å². The molecule has 0 fully saturated rings. The summed E-state index contributed by atoms with van der Waals surface area (Å²) >= 11 is 0. The minimum atomic E-state index is 0.191. The first-order valence-corrected chi connectivity index (χ1v) is 4.90. The number of ether oxygens (including phenoxy) is 1. The summed E-state index contributed by atoms with van der Waals surface area (Å²) in [7, 11) is 0. The van der Waals surface area contributed by atoms with Crippen molar-refractivity contribution in [3.8, 4) is 11.5 Å². The van der Waals surface area contributed by atoms with E-state index in [1.807, 2.05) is 12.1 Å². The second kappa shape index (κ2) is 6.08. The van der Waals surface area contributed by atoms with E-state index in [2.05, 4.69) is 13.0 Å². The minimum absolute atomic E-state index is 0.191. The first-order valence-electron chi connectivity index (χ1n) is 4.90. The van der Waals surface area contributed by atoms with Gasteiger partial charge in [-0.25, -0.2) is 0 Å². The van der Waals surface area contributed by atoms with Gasteiger partial charge in [-0.15, -0.1) is 0 Å². The lowest BCUT2D eigenvalue weighted by molar-refractivity contribution is 0.336. The number of hydrogen-bond donors (Lipinski definition) is 1. The van der Waals surface area contributed by atoms with E-state index >= 15 is 0 Å². The molecule has 0 saturated carbocycles. The van der Waals surface area contributed by atoms with E-state index in [0.717, 1.165) is 12.8 Å². The van der Waals surface area contributed by atoms with Gasteiger partial charge in [-0.1, -0.05) is 37.6 Å². The number of rotatable bonds is 5. The Balaban J connectivity index is 2.35. The molecule has 76 valence electrons. The van der Waals surface area contributed by atoms with Crippen molar-refractivity contribution in [2.45, 2.75) is 19.8 Å². The van der Waals surface area contributed by atoms with Gasteiger partial charge in [-0.05, 0) is 18.6 Å². The molecule has 1 N–H and O–H groups in total. The van der Waals surface area contributed by atoms with Crippen molar-refractivity contribution in [3.05, 3.63) is 36.4 Å². The van der Waals surface area contributed by atoms with Crippen LogP contribution in [0, 0.1) is 0 Å². The summed E-state index contributed by atoms with van der Waals surface area (Å²) < 4.78 is 5.35. The highest BCUT2D eigenvalue weighted by Gasteiger charge is 1.97. The van der Waals surface area contributed by atoms with E-state index in [1.54, 1.807) is 18.2 Å². The third kappa shape index (κ3) is 3.52. The van der Waals surface area contributed by atoms with Crippen LogP contribution in [-0.4, -0.2) is 11.7 Å². The maximum Gasteiger partial charge on any atom is 0.161 e. The van der Waals surface area contributed by atoms with Crippen molar-refractivity contribution < 1.29 is 9.84 Å². The number of phenolic OH excluding ortho intramolecular Hbond substituents is 1. The Morgan fingerprint density at radius 3 is 2.79 bits per heavy atom. The standard InChI is InChI=1S/C12H16O2/c1-2-3-4-7-10-14-12-9-6-5-8-11(12)13/h4-9,13H,2-3,10H2,1H3/b7-4-. The zero-order chi connectivity index (χ0) is 10.2. The first-order chi connectivity index (χ1) is 6.84. The third-order valence-electron chi connectivity index (χ3n) is 1.82. The molecule has 1 aromatic carbocycles. The molecule has 1 aromatic rings. The maximum absolute atomic E-state index is 9.36. The number of para-hydroxylation sites is 2. The van der Waals surface area contributed by atoms with Crippen molar-refractivity contribution in [1.29, 1.82) is 0 Å². The summed E-state index contributed by atoms with van der Waals surface area (Å²) in [6, 6.07) is 6.98. The highest BCUT2D eigenvalue weighted by molar-refractivity contribution is 5.37. The topological polar surface area (TPSA) is 29.5 Å². The molecule has 0 aliphatic carbocycles. The molecule has 0 radical (unpaired) electrons. The maximum atomic E-state index is 9.36. The molecule has 2 nitrogen and oxygen atoms in total. The van der Waals surface area contributed by atoms with Crippen molar-refractivity contribution in [2.24, 2.45) is 0 Å². The van der Waals surface area contributed by atoms with Gasteiger partial charge in [0.05, 0.1) is 0 Å². The molecule has 1 rings (SSSR count). The van der Waals surface area contributed by atoms with Crippen LogP contribution < -0.4 is 4.74 Å². The average molecular weight is 192 g/mol. The molecule has 0 aliphatic heterocycles. The Morgan fingerprint density at radius 2 is 2.07 bits per heavy atom. The van der Waals surface area contributed by atoms with Crippen LogP contribution in [0.2, 0.25) is 0 Å². The van der Waals surface area contributed by atoms with Gasteiger partial charge in [-0.2, -0.15) is 0 Å². The van der Waals surface area contributed by atoms with Gasteiger partial charge in [0.2, 0.25) is 0 Å². The van der Waals surface area contributed by atoms with Crippen LogP contribution >= 0.6 is 0 Å². The highest BCUT2D eigenvalue weighted by Crippen LogP contribution is 2.23. The Labute approximate surface area is 84.8 Å². The highest BCUT2D eigenvalue weighted by atomic mass is 16.5. The fourth-order valence-corrected chi connectivity index (χ4v) is 1.07. The fraction of sp³-hybridized carbons (Fsp3) is 0.333. The van der Waals surface area contributed by atoms with Crippen LogP contribution in [0.25, 0.3) is 0 Å². The minimum Gasteiger partial charge on any atom is -0.504 e. The van der Waals surface area contributed by atoms with Crippen molar-refractivity contribution in [2.75, 3.05) is 6.61 Å². The van der Waals surface area contributed by atoms with Crippen LogP contribution in [0.1, 0.15) is 19.8 Å². The van der Waals surface area contributed by atoms with Gasteiger partial charge in [0.1, 0.15) is 6.61 Å². The number of phenols is 1. The third-order valence-corrected chi connectivity index (χ3v) is 1.82. The van der Waals surface area contributed by atoms with Gasteiger partial charge in [0.15, 0.2) is 11.5 Å². The first kappa shape index (κ1) is 10.6. The Kier molecular flexibility index (Phi) is 4.62. The molecule has 2 heteroatoms. The molecule has 0 saturated heterocycles. The summed E-state index contributed by atoms with van der Waals surface area (Å²) in [6.45, 7) is 2.64. The van der Waals surface area contributed by atoms with Crippen molar-refractivity contribution >= 4 is 0 Å². The molecule has 0 spiro atoms. The van der Waals surface area contributed by atoms with E-state index in [-0.39, 0.29) is 5.75 Å². The Bertz CT molecular complexity index is 292. The summed E-state index contributed by atoms with van der Waals surface area (Å²) in [5.41, 5.74) is 0. The van der Waals surface area contributed by atoms with E-state index in [0.29, 0.717) is 12.4 Å². The average Bonchev–Trinajstić information content (AvgIpc) is 2.20. The van der Waals surface area contributed by atoms with Crippen LogP contribution in [0.4, 0.5) is 0 Å². The van der Waals surface area contributed by atoms with Crippen LogP contribution in [0.3, 0.4) is 0 Å². The van der Waals surface area contributed by atoms with E-state index in [9.17, 15) is 5.11 Å². The van der Waals surface area contributed by atoms with E-state index in [1.165, 1.54) is 0 Å². The molecule has 0 aromatic heterocycles. The molecule has 0 atom stereocenters. The molecule has 0 bridgehead atoms. The van der Waals surface area contributed by atoms with Gasteiger partial charge >= 0.3 is 0 Å². The molecule has 0 heterocycles. The lowest BCUT2D eigenvalue weighted by Gasteiger charge is -2.04. The van der Waals surface area contributed by atoms with Gasteiger partial charge in [0.25, 0.3) is 0 Å². The predicted molar refractivity (Wildman–Crippen MR) is 57.6 cm³/mol. The van der Waals surface area contributed by atoms with Crippen LogP contribution in [0.5, 0.6) is 11.5 Å². The SMILES string of the molecule is CCC/C=C\COc1ccccc1O. The lowest BCUT2D eigenvalue weighted by atomic mass is 10.3. The number of allylic oxidation sites excluding steroid dienone is 1. The molecule has 0 aliphatic rings. The summed E-state index contributed by atoms with van der Waals surface area (Å²) in [4.78, 5) is 0. The van der Waals surface area contributed by atoms with Gasteiger partial charge in [-0.3, -0.25) is 0 Å². The molecular formula is C12H16O2. The summed E-state index contributed by atoms with van der Waals surface area (Å²) in [5, 5.41) is 9.36. The fourth-order valence-electron chi connectivity index (χ4n) is 1.07. The zero-order valence-electron chi connectivity index (χ0n) is 8.44. The molecular weight excluding hydrogens is 176 g/mol. The number of benzene rings is 1. The summed E-state index contributed by atoms with van der Waals surface area (Å²) in [6.07, 6.45) is 6.27. The van der Waals surface area contributed by atoms with E-state index in [4.69, 9.17) is 4.74 Å². The largest absolute Gasteiger partial charge is 0.504 e.